The number of benzene rings is 2. The predicted molar refractivity (Wildman–Crippen MR) is 148 cm³/mol. The van der Waals surface area contributed by atoms with E-state index in [0.29, 0.717) is 37.9 Å². The summed E-state index contributed by atoms with van der Waals surface area (Å²) >= 11 is 0. The third-order valence-electron chi connectivity index (χ3n) is 5.96. The quantitative estimate of drug-likeness (QED) is 0.130. The van der Waals surface area contributed by atoms with Crippen LogP contribution in [0.1, 0.15) is 0 Å². The van der Waals surface area contributed by atoms with Crippen LogP contribution in [-0.2, 0) is 38.3 Å². The summed E-state index contributed by atoms with van der Waals surface area (Å²) in [4.78, 5) is 0.270. The van der Waals surface area contributed by atoms with Crippen LogP contribution in [0.3, 0.4) is 0 Å². The first-order valence-electron chi connectivity index (χ1n) is 13.2. The molecule has 4 unspecified atom stereocenters. The number of hydrogen-bond donors (Lipinski definition) is 0. The lowest BCUT2D eigenvalue weighted by molar-refractivity contribution is -0.0355. The van der Waals surface area contributed by atoms with Crippen LogP contribution in [0.15, 0.2) is 58.3 Å². The minimum atomic E-state index is -3.75. The highest BCUT2D eigenvalue weighted by molar-refractivity contribution is 7.91. The Labute approximate surface area is 241 Å². The van der Waals surface area contributed by atoms with Gasteiger partial charge in [-0.15, -0.1) is 12.8 Å². The number of sulfone groups is 1. The SMILES string of the molecule is C#CCOCC(COc1ccc(S(=O)(=O)c2ccc(OCC(COCC#C)OCC3CO3)cc2)cc1)OCC1CO1. The lowest BCUT2D eigenvalue weighted by atomic mass is 10.3. The van der Waals surface area contributed by atoms with Gasteiger partial charge in [0.1, 0.15) is 62.3 Å². The molecule has 2 fully saturated rings. The first-order valence-corrected chi connectivity index (χ1v) is 14.7. The lowest BCUT2D eigenvalue weighted by Gasteiger charge is -2.18. The Bertz CT molecular complexity index is 1160. The molecule has 0 spiro atoms. The molecule has 0 saturated carbocycles. The minimum Gasteiger partial charge on any atom is -0.491 e. The number of epoxide rings is 2. The molecule has 4 rings (SSSR count). The summed E-state index contributed by atoms with van der Waals surface area (Å²) in [6, 6.07) is 12.4. The van der Waals surface area contributed by atoms with Crippen LogP contribution in [0.2, 0.25) is 0 Å². The summed E-state index contributed by atoms with van der Waals surface area (Å²) in [6.07, 6.45) is 9.98. The second-order valence-electron chi connectivity index (χ2n) is 9.33. The summed E-state index contributed by atoms with van der Waals surface area (Å²) in [7, 11) is -3.75. The largest absolute Gasteiger partial charge is 0.491 e. The molecule has 0 N–H and O–H groups in total. The Hall–Kier alpha value is -3.13. The van der Waals surface area contributed by atoms with Crippen molar-refractivity contribution < 1.29 is 46.3 Å². The maximum atomic E-state index is 13.2. The van der Waals surface area contributed by atoms with Gasteiger partial charge in [0.25, 0.3) is 0 Å². The van der Waals surface area contributed by atoms with Crippen molar-refractivity contribution in [2.45, 2.75) is 34.2 Å². The maximum Gasteiger partial charge on any atom is 0.206 e. The van der Waals surface area contributed by atoms with E-state index in [1.165, 1.54) is 24.3 Å². The Morgan fingerprint density at radius 3 is 1.44 bits per heavy atom. The fraction of sp³-hybridized carbons (Fsp3) is 0.467. The second-order valence-corrected chi connectivity index (χ2v) is 11.3. The monoisotopic (exact) mass is 586 g/mol. The molecular formula is C30H34O10S. The molecule has 10 nitrogen and oxygen atoms in total. The van der Waals surface area contributed by atoms with Crippen molar-refractivity contribution in [2.75, 3.05) is 66.1 Å². The molecule has 2 heterocycles. The van der Waals surface area contributed by atoms with E-state index in [9.17, 15) is 8.42 Å². The first kappa shape index (κ1) is 30.8. The van der Waals surface area contributed by atoms with E-state index in [2.05, 4.69) is 11.8 Å². The van der Waals surface area contributed by atoms with Crippen LogP contribution in [0, 0.1) is 24.7 Å². The Balaban J connectivity index is 1.28. The number of hydrogen-bond acceptors (Lipinski definition) is 10. The standard InChI is InChI=1S/C30H34O10S/c1-3-13-33-15-25(37-19-27-21-39-27)17-35-23-5-9-29(10-6-23)41(31,32)30-11-7-24(8-12-30)36-18-26(16-34-14-4-2)38-20-28-22-40-28/h1-2,5-12,25-28H,13-22H2. The lowest BCUT2D eigenvalue weighted by Crippen LogP contribution is -2.29. The molecule has 0 amide bonds. The molecule has 0 bridgehead atoms. The highest BCUT2D eigenvalue weighted by atomic mass is 32.2. The van der Waals surface area contributed by atoms with Crippen molar-refractivity contribution in [1.82, 2.24) is 0 Å². The zero-order valence-electron chi connectivity index (χ0n) is 22.6. The molecule has 2 aromatic carbocycles. The van der Waals surface area contributed by atoms with E-state index in [4.69, 9.17) is 50.7 Å². The van der Waals surface area contributed by atoms with Gasteiger partial charge in [0.2, 0.25) is 9.84 Å². The van der Waals surface area contributed by atoms with Crippen LogP contribution in [0.5, 0.6) is 11.5 Å². The van der Waals surface area contributed by atoms with Gasteiger partial charge in [0, 0.05) is 0 Å². The zero-order chi connectivity index (χ0) is 28.9. The molecule has 0 aromatic heterocycles. The van der Waals surface area contributed by atoms with Crippen molar-refractivity contribution in [2.24, 2.45) is 0 Å². The average Bonchev–Trinajstić information content (AvgIpc) is 3.92. The molecule has 4 atom stereocenters. The Morgan fingerprint density at radius 2 is 1.10 bits per heavy atom. The molecule has 2 aromatic rings. The summed E-state index contributed by atoms with van der Waals surface area (Å²) in [5, 5.41) is 0. The Kier molecular flexibility index (Phi) is 11.8. The third kappa shape index (κ3) is 10.7. The predicted octanol–water partition coefficient (Wildman–Crippen LogP) is 2.14. The van der Waals surface area contributed by atoms with Crippen molar-refractivity contribution >= 4 is 9.84 Å². The van der Waals surface area contributed by atoms with E-state index in [1.54, 1.807) is 24.3 Å². The molecule has 0 aliphatic carbocycles. The van der Waals surface area contributed by atoms with E-state index >= 15 is 0 Å². The van der Waals surface area contributed by atoms with Crippen LogP contribution in [-0.4, -0.2) is 98.9 Å². The first-order chi connectivity index (χ1) is 20.0. The van der Waals surface area contributed by atoms with Gasteiger partial charge in [-0.1, -0.05) is 11.8 Å². The van der Waals surface area contributed by atoms with Gasteiger partial charge in [0.05, 0.1) is 49.4 Å². The van der Waals surface area contributed by atoms with E-state index < -0.39 is 9.84 Å². The fourth-order valence-corrected chi connectivity index (χ4v) is 4.81. The smallest absolute Gasteiger partial charge is 0.206 e. The van der Waals surface area contributed by atoms with Gasteiger partial charge in [-0.05, 0) is 48.5 Å². The van der Waals surface area contributed by atoms with Crippen molar-refractivity contribution in [3.05, 3.63) is 48.5 Å². The molecule has 41 heavy (non-hydrogen) atoms. The number of rotatable bonds is 20. The van der Waals surface area contributed by atoms with Gasteiger partial charge in [-0.25, -0.2) is 8.42 Å². The Morgan fingerprint density at radius 1 is 0.707 bits per heavy atom. The maximum absolute atomic E-state index is 13.2. The molecule has 2 aliphatic heterocycles. The molecule has 0 radical (unpaired) electrons. The summed E-state index contributed by atoms with van der Waals surface area (Å²) in [5.74, 6) is 5.82. The normalized spacial score (nSPS) is 19.0. The fourth-order valence-electron chi connectivity index (χ4n) is 3.55. The topological polar surface area (TPSA) is 115 Å². The summed E-state index contributed by atoms with van der Waals surface area (Å²) in [6.45, 7) is 3.55. The molecular weight excluding hydrogens is 552 g/mol. The van der Waals surface area contributed by atoms with Crippen LogP contribution < -0.4 is 9.47 Å². The minimum absolute atomic E-state index is 0.104. The van der Waals surface area contributed by atoms with E-state index in [-0.39, 0.29) is 73.8 Å². The van der Waals surface area contributed by atoms with Crippen molar-refractivity contribution in [1.29, 1.82) is 0 Å². The van der Waals surface area contributed by atoms with Crippen molar-refractivity contribution in [3.8, 4) is 36.2 Å². The van der Waals surface area contributed by atoms with Gasteiger partial charge in [0.15, 0.2) is 0 Å². The second kappa shape index (κ2) is 15.8. The molecule has 2 aliphatic rings. The highest BCUT2D eigenvalue weighted by Gasteiger charge is 2.26. The molecule has 11 heteroatoms. The van der Waals surface area contributed by atoms with Gasteiger partial charge in [-0.3, -0.25) is 0 Å². The average molecular weight is 587 g/mol. The van der Waals surface area contributed by atoms with Gasteiger partial charge < -0.3 is 37.9 Å². The molecule has 2 saturated heterocycles. The summed E-state index contributed by atoms with van der Waals surface area (Å²) < 4.78 is 70.6. The van der Waals surface area contributed by atoms with Crippen LogP contribution in [0.25, 0.3) is 0 Å². The van der Waals surface area contributed by atoms with Crippen LogP contribution in [0.4, 0.5) is 0 Å². The van der Waals surface area contributed by atoms with Crippen LogP contribution >= 0.6 is 0 Å². The number of terminal acetylenes is 2. The van der Waals surface area contributed by atoms with E-state index in [1.807, 2.05) is 0 Å². The summed E-state index contributed by atoms with van der Waals surface area (Å²) in [5.41, 5.74) is 0. The third-order valence-corrected chi connectivity index (χ3v) is 7.74. The zero-order valence-corrected chi connectivity index (χ0v) is 23.5. The van der Waals surface area contributed by atoms with Crippen molar-refractivity contribution in [3.63, 3.8) is 0 Å². The highest BCUT2D eigenvalue weighted by Crippen LogP contribution is 2.25. The van der Waals surface area contributed by atoms with E-state index in [0.717, 1.165) is 0 Å². The number of ether oxygens (including phenoxy) is 8. The van der Waals surface area contributed by atoms with Gasteiger partial charge in [-0.2, -0.15) is 0 Å². The van der Waals surface area contributed by atoms with Gasteiger partial charge >= 0.3 is 0 Å². The molecule has 220 valence electrons.